The first-order valence-corrected chi connectivity index (χ1v) is 7.08. The third-order valence-electron chi connectivity index (χ3n) is 3.75. The highest BCUT2D eigenvalue weighted by atomic mass is 16.6. The molecule has 1 amide bonds. The first kappa shape index (κ1) is 13.5. The number of amides is 1. The molecule has 4 heteroatoms. The molecule has 21 heavy (non-hydrogen) atoms. The summed E-state index contributed by atoms with van der Waals surface area (Å²) in [6.07, 6.45) is 0.365. The summed E-state index contributed by atoms with van der Waals surface area (Å²) in [5, 5.41) is 0. The molecule has 1 atom stereocenters. The van der Waals surface area contributed by atoms with Crippen molar-refractivity contribution >= 4 is 11.8 Å². The smallest absolute Gasteiger partial charge is 0.410 e. The van der Waals surface area contributed by atoms with Crippen LogP contribution in [0.1, 0.15) is 23.7 Å². The van der Waals surface area contributed by atoms with E-state index < -0.39 is 0 Å². The molecule has 2 N–H and O–H groups in total. The minimum absolute atomic E-state index is 0.150. The van der Waals surface area contributed by atoms with Gasteiger partial charge < -0.3 is 15.4 Å². The van der Waals surface area contributed by atoms with Crippen molar-refractivity contribution in [2.45, 2.75) is 19.1 Å². The predicted molar refractivity (Wildman–Crippen MR) is 81.5 cm³/mol. The molecule has 2 aromatic carbocycles. The number of ether oxygens (including phenoxy) is 1. The summed E-state index contributed by atoms with van der Waals surface area (Å²) in [7, 11) is 0. The Hall–Kier alpha value is -2.49. The van der Waals surface area contributed by atoms with Gasteiger partial charge in [-0.3, -0.25) is 0 Å². The Bertz CT molecular complexity index is 628. The third-order valence-corrected chi connectivity index (χ3v) is 3.75. The lowest BCUT2D eigenvalue weighted by molar-refractivity contribution is 0.0218. The van der Waals surface area contributed by atoms with E-state index >= 15 is 0 Å². The van der Waals surface area contributed by atoms with Gasteiger partial charge >= 0.3 is 6.09 Å². The number of carbonyl (C=O) groups excluding carboxylic acids is 1. The van der Waals surface area contributed by atoms with Crippen LogP contribution < -0.4 is 5.73 Å². The van der Waals surface area contributed by atoms with Crippen molar-refractivity contribution in [2.75, 3.05) is 12.3 Å². The monoisotopic (exact) mass is 282 g/mol. The summed E-state index contributed by atoms with van der Waals surface area (Å²) in [5.41, 5.74) is 8.62. The highest BCUT2D eigenvalue weighted by molar-refractivity contribution is 5.69. The fraction of sp³-hybridized carbons (Fsp3) is 0.235. The summed E-state index contributed by atoms with van der Waals surface area (Å²) in [6, 6.07) is 17.4. The molecular formula is C17H18N2O2. The van der Waals surface area contributed by atoms with Gasteiger partial charge in [0.25, 0.3) is 0 Å². The van der Waals surface area contributed by atoms with E-state index in [0.29, 0.717) is 18.8 Å². The van der Waals surface area contributed by atoms with Crippen LogP contribution in [0.25, 0.3) is 0 Å². The molecule has 0 aromatic heterocycles. The van der Waals surface area contributed by atoms with E-state index in [-0.39, 0.29) is 12.2 Å². The van der Waals surface area contributed by atoms with Crippen molar-refractivity contribution in [3.63, 3.8) is 0 Å². The summed E-state index contributed by atoms with van der Waals surface area (Å²) in [6.45, 7) is 1.17. The van der Waals surface area contributed by atoms with Gasteiger partial charge in [0.2, 0.25) is 0 Å². The second-order valence-electron chi connectivity index (χ2n) is 5.19. The Morgan fingerprint density at radius 2 is 1.81 bits per heavy atom. The van der Waals surface area contributed by atoms with E-state index in [0.717, 1.165) is 17.5 Å². The highest BCUT2D eigenvalue weighted by Gasteiger charge is 2.28. The van der Waals surface area contributed by atoms with Gasteiger partial charge in [-0.05, 0) is 17.2 Å². The molecular weight excluding hydrogens is 264 g/mol. The maximum Gasteiger partial charge on any atom is 0.410 e. The van der Waals surface area contributed by atoms with Crippen molar-refractivity contribution in [2.24, 2.45) is 0 Å². The van der Waals surface area contributed by atoms with Gasteiger partial charge in [-0.2, -0.15) is 0 Å². The number of carbonyl (C=O) groups is 1. The Labute approximate surface area is 124 Å². The largest absolute Gasteiger partial charge is 0.441 e. The molecule has 1 heterocycles. The molecule has 0 aliphatic carbocycles. The summed E-state index contributed by atoms with van der Waals surface area (Å²) in [4.78, 5) is 13.9. The lowest BCUT2D eigenvalue weighted by atomic mass is 10.0. The number of nitrogens with two attached hydrogens (primary N) is 1. The molecule has 1 aliphatic heterocycles. The first-order valence-electron chi connectivity index (χ1n) is 7.08. The van der Waals surface area contributed by atoms with Crippen LogP contribution >= 0.6 is 0 Å². The van der Waals surface area contributed by atoms with Crippen LogP contribution in [0.15, 0.2) is 54.6 Å². The number of hydrogen-bond acceptors (Lipinski definition) is 3. The zero-order chi connectivity index (χ0) is 14.7. The van der Waals surface area contributed by atoms with Gasteiger partial charge in [-0.25, -0.2) is 4.79 Å². The van der Waals surface area contributed by atoms with Crippen LogP contribution in [0.3, 0.4) is 0 Å². The minimum atomic E-state index is -0.279. The van der Waals surface area contributed by atoms with Gasteiger partial charge in [-0.1, -0.05) is 48.5 Å². The third kappa shape index (κ3) is 2.99. The maximum absolute atomic E-state index is 12.2. The fourth-order valence-corrected chi connectivity index (χ4v) is 2.55. The van der Waals surface area contributed by atoms with Gasteiger partial charge in [0.05, 0.1) is 6.54 Å². The van der Waals surface area contributed by atoms with Crippen LogP contribution in [-0.4, -0.2) is 17.5 Å². The van der Waals surface area contributed by atoms with Crippen LogP contribution in [-0.2, 0) is 11.3 Å². The maximum atomic E-state index is 12.2. The Morgan fingerprint density at radius 3 is 2.52 bits per heavy atom. The van der Waals surface area contributed by atoms with Gasteiger partial charge in [-0.15, -0.1) is 0 Å². The molecule has 3 rings (SSSR count). The number of cyclic esters (lactones) is 1. The molecule has 1 saturated heterocycles. The molecule has 0 radical (unpaired) electrons. The van der Waals surface area contributed by atoms with E-state index in [2.05, 4.69) is 0 Å². The quantitative estimate of drug-likeness (QED) is 0.878. The van der Waals surface area contributed by atoms with E-state index in [1.165, 1.54) is 0 Å². The average Bonchev–Trinajstić information content (AvgIpc) is 2.52. The zero-order valence-electron chi connectivity index (χ0n) is 11.7. The van der Waals surface area contributed by atoms with E-state index in [1.807, 2.05) is 54.6 Å². The lowest BCUT2D eigenvalue weighted by Gasteiger charge is -2.32. The standard InChI is InChI=1S/C17H18N2O2/c18-15-9-5-4-8-14(15)12-19-11-10-16(21-17(19)20)13-6-2-1-3-7-13/h1-9,16H,10-12,18H2. The molecule has 0 bridgehead atoms. The molecule has 2 aromatic rings. The normalized spacial score (nSPS) is 18.4. The van der Waals surface area contributed by atoms with Crippen molar-refractivity contribution in [3.8, 4) is 0 Å². The van der Waals surface area contributed by atoms with Gasteiger partial charge in [0.1, 0.15) is 6.10 Å². The SMILES string of the molecule is Nc1ccccc1CN1CCC(c2ccccc2)OC1=O. The zero-order valence-corrected chi connectivity index (χ0v) is 11.7. The van der Waals surface area contributed by atoms with Crippen molar-refractivity contribution < 1.29 is 9.53 Å². The Morgan fingerprint density at radius 1 is 1.10 bits per heavy atom. The van der Waals surface area contributed by atoms with Crippen LogP contribution in [0.4, 0.5) is 10.5 Å². The van der Waals surface area contributed by atoms with Crippen LogP contribution in [0.5, 0.6) is 0 Å². The topological polar surface area (TPSA) is 55.6 Å². The summed E-state index contributed by atoms with van der Waals surface area (Å²) in [5.74, 6) is 0. The fourth-order valence-electron chi connectivity index (χ4n) is 2.55. The number of rotatable bonds is 3. The lowest BCUT2D eigenvalue weighted by Crippen LogP contribution is -2.38. The van der Waals surface area contributed by atoms with E-state index in [9.17, 15) is 4.79 Å². The summed E-state index contributed by atoms with van der Waals surface area (Å²) >= 11 is 0. The Balaban J connectivity index is 1.67. The van der Waals surface area contributed by atoms with Crippen molar-refractivity contribution in [1.29, 1.82) is 0 Å². The molecule has 1 aliphatic rings. The summed E-state index contributed by atoms with van der Waals surface area (Å²) < 4.78 is 5.54. The molecule has 0 saturated carbocycles. The number of nitrogens with zero attached hydrogens (tertiary/aromatic N) is 1. The van der Waals surface area contributed by atoms with Gasteiger partial charge in [0, 0.05) is 18.7 Å². The number of nitrogen functional groups attached to an aromatic ring is 1. The number of anilines is 1. The van der Waals surface area contributed by atoms with Crippen LogP contribution in [0, 0.1) is 0 Å². The highest BCUT2D eigenvalue weighted by Crippen LogP contribution is 2.27. The van der Waals surface area contributed by atoms with E-state index in [4.69, 9.17) is 10.5 Å². The predicted octanol–water partition coefficient (Wildman–Crippen LogP) is 3.35. The van der Waals surface area contributed by atoms with Crippen LogP contribution in [0.2, 0.25) is 0 Å². The number of hydrogen-bond donors (Lipinski definition) is 1. The average molecular weight is 282 g/mol. The Kier molecular flexibility index (Phi) is 3.77. The first-order chi connectivity index (χ1) is 10.2. The molecule has 1 fully saturated rings. The number of benzene rings is 2. The van der Waals surface area contributed by atoms with Gasteiger partial charge in [0.15, 0.2) is 0 Å². The minimum Gasteiger partial charge on any atom is -0.441 e. The molecule has 0 spiro atoms. The number of para-hydroxylation sites is 1. The van der Waals surface area contributed by atoms with Crippen molar-refractivity contribution in [3.05, 3.63) is 65.7 Å². The second-order valence-corrected chi connectivity index (χ2v) is 5.19. The molecule has 108 valence electrons. The van der Waals surface area contributed by atoms with Crippen molar-refractivity contribution in [1.82, 2.24) is 4.90 Å². The second kappa shape index (κ2) is 5.87. The molecule has 4 nitrogen and oxygen atoms in total. The molecule has 1 unspecified atom stereocenters. The van der Waals surface area contributed by atoms with E-state index in [1.54, 1.807) is 4.90 Å².